The van der Waals surface area contributed by atoms with Crippen molar-refractivity contribution in [2.75, 3.05) is 36.2 Å². The van der Waals surface area contributed by atoms with Gasteiger partial charge < -0.3 is 20.4 Å². The summed E-state index contributed by atoms with van der Waals surface area (Å²) in [6.45, 7) is 8.20. The molecule has 4 heterocycles. The number of likely N-dealkylation sites (N-methyl/N-ethyl adjacent to an activating group) is 1. The zero-order chi connectivity index (χ0) is 30.8. The third-order valence-electron chi connectivity index (χ3n) is 7.36. The first kappa shape index (κ1) is 29.1. The minimum Gasteiger partial charge on any atom is -0.386 e. The number of aryl methyl sites for hydroxylation is 2. The summed E-state index contributed by atoms with van der Waals surface area (Å²) in [5, 5.41) is 28.4. The van der Waals surface area contributed by atoms with Crippen molar-refractivity contribution in [3.8, 4) is 11.9 Å². The average Bonchev–Trinajstić information content (AvgIpc) is 3.55. The first-order valence-electron chi connectivity index (χ1n) is 13.5. The Bertz CT molecular complexity index is 1730. The van der Waals surface area contributed by atoms with Crippen LogP contribution in [0.5, 0.6) is 0 Å². The maximum Gasteiger partial charge on any atom is 0.267 e. The fourth-order valence-corrected chi connectivity index (χ4v) is 5.08. The third-order valence-corrected chi connectivity index (χ3v) is 7.36. The molecule has 4 aromatic rings. The van der Waals surface area contributed by atoms with Crippen LogP contribution in [0.15, 0.2) is 55.2 Å². The van der Waals surface area contributed by atoms with Gasteiger partial charge in [0.25, 0.3) is 6.43 Å². The van der Waals surface area contributed by atoms with E-state index in [9.17, 15) is 18.8 Å². The van der Waals surface area contributed by atoms with Crippen molar-refractivity contribution in [3.63, 3.8) is 0 Å². The van der Waals surface area contributed by atoms with Crippen molar-refractivity contribution in [1.82, 2.24) is 29.9 Å². The molecule has 11 nitrogen and oxygen atoms in total. The highest BCUT2D eigenvalue weighted by Gasteiger charge is 2.31. The van der Waals surface area contributed by atoms with Crippen LogP contribution in [0.4, 0.5) is 37.5 Å². The van der Waals surface area contributed by atoms with Crippen LogP contribution < -0.4 is 15.5 Å². The number of aromatic nitrogens is 5. The van der Waals surface area contributed by atoms with Crippen molar-refractivity contribution < 1.29 is 13.6 Å². The Hall–Kier alpha value is -5.38. The summed E-state index contributed by atoms with van der Waals surface area (Å²) in [5.74, 6) is 0.535. The smallest absolute Gasteiger partial charge is 0.267 e. The molecule has 220 valence electrons. The second-order valence-corrected chi connectivity index (χ2v) is 10.1. The summed E-state index contributed by atoms with van der Waals surface area (Å²) >= 11 is 0. The predicted octanol–water partition coefficient (Wildman–Crippen LogP) is 5.50. The van der Waals surface area contributed by atoms with E-state index in [1.54, 1.807) is 43.1 Å². The molecule has 0 aliphatic carbocycles. The summed E-state index contributed by atoms with van der Waals surface area (Å²) in [7, 11) is 3.56. The van der Waals surface area contributed by atoms with Crippen LogP contribution in [0.1, 0.15) is 47.0 Å². The van der Waals surface area contributed by atoms with E-state index in [2.05, 4.69) is 37.5 Å². The SMILES string of the molecule is C=CN(c1ccc(C(F)F)c(-n2nc(C#N)cc2C)n1)c1cc(NC)c(Nc2ccc(C3CCN(C)C3=O)nn2)cc1C. The van der Waals surface area contributed by atoms with Crippen molar-refractivity contribution >= 4 is 34.6 Å². The maximum atomic E-state index is 14.0. The lowest BCUT2D eigenvalue weighted by atomic mass is 10.0. The van der Waals surface area contributed by atoms with E-state index in [1.165, 1.54) is 22.9 Å². The minimum atomic E-state index is -2.80. The standard InChI is InChI=1S/C30H30F2N10O/c1-6-41(27-10-7-21(28(31)32)29(36-27)42-18(3)14-19(16-33)39-42)25-15-23(34-4)24(13-17(25)2)35-26-9-8-22(37-38-26)20-11-12-40(5)30(20)43/h6-10,13-15,20,28,34H,1,11-12H2,2-5H3,(H,35,38). The molecule has 43 heavy (non-hydrogen) atoms. The van der Waals surface area contributed by atoms with E-state index >= 15 is 0 Å². The molecule has 1 fully saturated rings. The van der Waals surface area contributed by atoms with Gasteiger partial charge in [-0.1, -0.05) is 6.58 Å². The highest BCUT2D eigenvalue weighted by atomic mass is 19.3. The van der Waals surface area contributed by atoms with Gasteiger partial charge in [0.15, 0.2) is 17.3 Å². The van der Waals surface area contributed by atoms with Gasteiger partial charge in [0.2, 0.25) is 5.91 Å². The molecule has 1 aliphatic heterocycles. The fourth-order valence-electron chi connectivity index (χ4n) is 5.08. The third kappa shape index (κ3) is 5.59. The van der Waals surface area contributed by atoms with E-state index in [-0.39, 0.29) is 28.9 Å². The second-order valence-electron chi connectivity index (χ2n) is 10.1. The number of nitrogens with zero attached hydrogens (tertiary/aromatic N) is 8. The number of hydrogen-bond acceptors (Lipinski definition) is 9. The first-order chi connectivity index (χ1) is 20.6. The van der Waals surface area contributed by atoms with E-state index < -0.39 is 6.43 Å². The Labute approximate surface area is 247 Å². The summed E-state index contributed by atoms with van der Waals surface area (Å²) in [6.07, 6.45) is -0.542. The van der Waals surface area contributed by atoms with E-state index in [1.807, 2.05) is 31.2 Å². The number of halogens is 2. The molecule has 1 unspecified atom stereocenters. The molecule has 5 rings (SSSR count). The number of likely N-dealkylation sites (tertiary alicyclic amines) is 1. The predicted molar refractivity (Wildman–Crippen MR) is 159 cm³/mol. The van der Waals surface area contributed by atoms with Crippen molar-refractivity contribution in [2.45, 2.75) is 32.6 Å². The highest BCUT2D eigenvalue weighted by Crippen LogP contribution is 2.37. The number of alkyl halides is 2. The Balaban J connectivity index is 1.47. The van der Waals surface area contributed by atoms with Crippen LogP contribution in [0.25, 0.3) is 5.82 Å². The molecule has 0 radical (unpaired) electrons. The van der Waals surface area contributed by atoms with Gasteiger partial charge in [-0.05, 0) is 68.3 Å². The molecule has 13 heteroatoms. The van der Waals surface area contributed by atoms with Gasteiger partial charge in [-0.2, -0.15) is 15.5 Å². The molecular formula is C30H30F2N10O. The number of pyridine rings is 1. The molecule has 1 atom stereocenters. The molecular weight excluding hydrogens is 554 g/mol. The van der Waals surface area contributed by atoms with E-state index in [0.717, 1.165) is 16.9 Å². The normalized spacial score (nSPS) is 14.6. The van der Waals surface area contributed by atoms with Gasteiger partial charge in [-0.25, -0.2) is 18.4 Å². The molecule has 1 saturated heterocycles. The number of carbonyl (C=O) groups is 1. The lowest BCUT2D eigenvalue weighted by Crippen LogP contribution is -2.22. The summed E-state index contributed by atoms with van der Waals surface area (Å²) in [6, 6.07) is 13.6. The number of rotatable bonds is 9. The summed E-state index contributed by atoms with van der Waals surface area (Å²) in [4.78, 5) is 20.3. The number of hydrogen-bond donors (Lipinski definition) is 2. The average molecular weight is 585 g/mol. The van der Waals surface area contributed by atoms with Crippen molar-refractivity contribution in [3.05, 3.63) is 83.5 Å². The zero-order valence-electron chi connectivity index (χ0n) is 24.1. The van der Waals surface area contributed by atoms with Gasteiger partial charge in [0.05, 0.1) is 34.2 Å². The number of benzene rings is 1. The Morgan fingerprint density at radius 3 is 2.53 bits per heavy atom. The molecule has 1 aromatic carbocycles. The number of carbonyl (C=O) groups excluding carboxylic acids is 1. The highest BCUT2D eigenvalue weighted by molar-refractivity contribution is 5.85. The molecule has 0 bridgehead atoms. The Morgan fingerprint density at radius 1 is 1.16 bits per heavy atom. The van der Waals surface area contributed by atoms with Gasteiger partial charge in [0.1, 0.15) is 11.9 Å². The first-order valence-corrected chi connectivity index (χ1v) is 13.5. The van der Waals surface area contributed by atoms with Gasteiger partial charge in [-0.15, -0.1) is 5.10 Å². The quantitative estimate of drug-likeness (QED) is 0.262. The topological polar surface area (TPSA) is 128 Å². The lowest BCUT2D eigenvalue weighted by molar-refractivity contribution is -0.127. The zero-order valence-corrected chi connectivity index (χ0v) is 24.1. The van der Waals surface area contributed by atoms with E-state index in [0.29, 0.717) is 41.7 Å². The summed E-state index contributed by atoms with van der Waals surface area (Å²) < 4.78 is 29.2. The molecule has 3 aromatic heterocycles. The van der Waals surface area contributed by atoms with Crippen molar-refractivity contribution in [2.24, 2.45) is 0 Å². The minimum absolute atomic E-state index is 0.0441. The molecule has 1 amide bonds. The Kier molecular flexibility index (Phi) is 8.03. The van der Waals surface area contributed by atoms with Crippen LogP contribution in [0.3, 0.4) is 0 Å². The largest absolute Gasteiger partial charge is 0.386 e. The van der Waals surface area contributed by atoms with Gasteiger partial charge >= 0.3 is 0 Å². The maximum absolute atomic E-state index is 14.0. The fraction of sp³-hybridized carbons (Fsp3) is 0.267. The molecule has 0 spiro atoms. The van der Waals surface area contributed by atoms with Crippen LogP contribution in [0.2, 0.25) is 0 Å². The van der Waals surface area contributed by atoms with Crippen LogP contribution in [-0.4, -0.2) is 56.4 Å². The van der Waals surface area contributed by atoms with Gasteiger partial charge in [0, 0.05) is 32.5 Å². The number of amides is 1. The van der Waals surface area contributed by atoms with Gasteiger partial charge in [-0.3, -0.25) is 4.79 Å². The lowest BCUT2D eigenvalue weighted by Gasteiger charge is -2.25. The molecule has 2 N–H and O–H groups in total. The van der Waals surface area contributed by atoms with Crippen LogP contribution >= 0.6 is 0 Å². The Morgan fingerprint density at radius 2 is 1.95 bits per heavy atom. The van der Waals surface area contributed by atoms with Crippen LogP contribution in [0, 0.1) is 25.2 Å². The van der Waals surface area contributed by atoms with Crippen molar-refractivity contribution in [1.29, 1.82) is 5.26 Å². The number of nitriles is 1. The van der Waals surface area contributed by atoms with Crippen LogP contribution in [-0.2, 0) is 4.79 Å². The number of anilines is 5. The summed E-state index contributed by atoms with van der Waals surface area (Å²) in [5.41, 5.74) is 3.90. The molecule has 1 aliphatic rings. The monoisotopic (exact) mass is 584 g/mol. The molecule has 0 saturated carbocycles. The second kappa shape index (κ2) is 11.8. The van der Waals surface area contributed by atoms with E-state index in [4.69, 9.17) is 0 Å². The number of nitrogens with one attached hydrogen (secondary N) is 2.